The number of carbonyl (C=O) groups is 1. The first-order chi connectivity index (χ1) is 12.5. The number of carbonyl (C=O) groups excluding carboxylic acids is 1. The summed E-state index contributed by atoms with van der Waals surface area (Å²) >= 11 is 1.49. The lowest BCUT2D eigenvalue weighted by Crippen LogP contribution is -2.38. The SMILES string of the molecule is CC1(C)C[C@@H]([C@@H](CCNC(=O)c2cccs2)Cc2ccccc2)CCO1. The van der Waals surface area contributed by atoms with Crippen molar-refractivity contribution in [2.75, 3.05) is 13.2 Å². The number of nitrogens with one attached hydrogen (secondary N) is 1. The van der Waals surface area contributed by atoms with Crippen molar-refractivity contribution in [1.82, 2.24) is 5.32 Å². The molecule has 0 saturated carbocycles. The van der Waals surface area contributed by atoms with E-state index in [0.29, 0.717) is 11.8 Å². The second-order valence-electron chi connectivity index (χ2n) is 7.83. The van der Waals surface area contributed by atoms with Gasteiger partial charge in [0.1, 0.15) is 0 Å². The van der Waals surface area contributed by atoms with Gasteiger partial charge in [0.25, 0.3) is 5.91 Å². The fourth-order valence-electron chi connectivity index (χ4n) is 3.97. The van der Waals surface area contributed by atoms with Crippen LogP contribution in [-0.2, 0) is 11.2 Å². The minimum atomic E-state index is -0.0436. The van der Waals surface area contributed by atoms with Crippen LogP contribution < -0.4 is 5.32 Å². The Morgan fingerprint density at radius 3 is 2.77 bits per heavy atom. The Morgan fingerprint density at radius 2 is 2.08 bits per heavy atom. The van der Waals surface area contributed by atoms with Crippen molar-refractivity contribution in [2.45, 2.75) is 45.1 Å². The van der Waals surface area contributed by atoms with E-state index in [1.54, 1.807) is 0 Å². The molecule has 3 rings (SSSR count). The molecule has 26 heavy (non-hydrogen) atoms. The zero-order valence-electron chi connectivity index (χ0n) is 15.7. The summed E-state index contributed by atoms with van der Waals surface area (Å²) in [5.74, 6) is 1.24. The van der Waals surface area contributed by atoms with Crippen LogP contribution in [0.3, 0.4) is 0 Å². The third-order valence-electron chi connectivity index (χ3n) is 5.29. The number of benzene rings is 1. The van der Waals surface area contributed by atoms with Crippen molar-refractivity contribution in [3.8, 4) is 0 Å². The van der Waals surface area contributed by atoms with Gasteiger partial charge in [-0.3, -0.25) is 4.79 Å². The molecule has 140 valence electrons. The fraction of sp³-hybridized carbons (Fsp3) is 0.500. The van der Waals surface area contributed by atoms with Crippen molar-refractivity contribution in [2.24, 2.45) is 11.8 Å². The largest absolute Gasteiger partial charge is 0.376 e. The van der Waals surface area contributed by atoms with E-state index in [-0.39, 0.29) is 11.5 Å². The summed E-state index contributed by atoms with van der Waals surface area (Å²) in [4.78, 5) is 13.0. The maximum Gasteiger partial charge on any atom is 0.261 e. The first-order valence-corrected chi connectivity index (χ1v) is 10.4. The molecule has 1 N–H and O–H groups in total. The second-order valence-corrected chi connectivity index (χ2v) is 8.78. The van der Waals surface area contributed by atoms with Gasteiger partial charge >= 0.3 is 0 Å². The Balaban J connectivity index is 1.61. The summed E-state index contributed by atoms with van der Waals surface area (Å²) in [5.41, 5.74) is 1.34. The van der Waals surface area contributed by atoms with Crippen LogP contribution in [0.15, 0.2) is 47.8 Å². The molecule has 2 aromatic rings. The van der Waals surface area contributed by atoms with Gasteiger partial charge in [-0.05, 0) is 68.4 Å². The van der Waals surface area contributed by atoms with Crippen LogP contribution in [0.2, 0.25) is 0 Å². The smallest absolute Gasteiger partial charge is 0.261 e. The second kappa shape index (κ2) is 8.83. The molecule has 1 aromatic carbocycles. The maximum absolute atomic E-state index is 12.2. The minimum absolute atomic E-state index is 0.0436. The number of ether oxygens (including phenoxy) is 1. The van der Waals surface area contributed by atoms with Crippen LogP contribution in [-0.4, -0.2) is 24.7 Å². The van der Waals surface area contributed by atoms with E-state index in [0.717, 1.165) is 43.7 Å². The van der Waals surface area contributed by atoms with Gasteiger partial charge < -0.3 is 10.1 Å². The standard InChI is InChI=1S/C22H29NO2S/c1-22(2)16-19(11-13-25-22)18(15-17-7-4-3-5-8-17)10-12-23-21(24)20-9-6-14-26-20/h3-9,14,18-19H,10-13,15-16H2,1-2H3,(H,23,24)/t18-,19-/m0/s1. The Bertz CT molecular complexity index is 681. The topological polar surface area (TPSA) is 38.3 Å². The van der Waals surface area contributed by atoms with E-state index in [1.165, 1.54) is 16.9 Å². The summed E-state index contributed by atoms with van der Waals surface area (Å²) in [6.07, 6.45) is 4.27. The highest BCUT2D eigenvalue weighted by atomic mass is 32.1. The van der Waals surface area contributed by atoms with Gasteiger partial charge in [-0.25, -0.2) is 0 Å². The molecule has 4 heteroatoms. The van der Waals surface area contributed by atoms with Gasteiger partial charge in [0.05, 0.1) is 10.5 Å². The molecule has 0 spiro atoms. The molecule has 2 heterocycles. The van der Waals surface area contributed by atoms with E-state index >= 15 is 0 Å². The van der Waals surface area contributed by atoms with E-state index in [2.05, 4.69) is 49.5 Å². The van der Waals surface area contributed by atoms with E-state index in [4.69, 9.17) is 4.74 Å². The van der Waals surface area contributed by atoms with Crippen molar-refractivity contribution in [3.05, 3.63) is 58.3 Å². The van der Waals surface area contributed by atoms with Crippen LogP contribution in [0.1, 0.15) is 48.3 Å². The van der Waals surface area contributed by atoms with E-state index in [1.807, 2.05) is 17.5 Å². The highest BCUT2D eigenvalue weighted by molar-refractivity contribution is 7.12. The number of thiophene rings is 1. The Morgan fingerprint density at radius 1 is 1.27 bits per heavy atom. The van der Waals surface area contributed by atoms with Crippen LogP contribution in [0, 0.1) is 11.8 Å². The fourth-order valence-corrected chi connectivity index (χ4v) is 4.61. The predicted molar refractivity (Wildman–Crippen MR) is 108 cm³/mol. The van der Waals surface area contributed by atoms with Crippen molar-refractivity contribution in [3.63, 3.8) is 0 Å². The molecular weight excluding hydrogens is 342 g/mol. The zero-order chi connectivity index (χ0) is 18.4. The number of rotatable bonds is 7. The molecule has 1 aliphatic heterocycles. The average molecular weight is 372 g/mol. The van der Waals surface area contributed by atoms with Gasteiger partial charge in [0.2, 0.25) is 0 Å². The molecule has 0 aliphatic carbocycles. The molecule has 1 aromatic heterocycles. The minimum Gasteiger partial charge on any atom is -0.376 e. The zero-order valence-corrected chi connectivity index (χ0v) is 16.6. The first kappa shape index (κ1) is 19.1. The molecule has 1 saturated heterocycles. The maximum atomic E-state index is 12.2. The molecule has 1 fully saturated rings. The summed E-state index contributed by atoms with van der Waals surface area (Å²) < 4.78 is 5.92. The highest BCUT2D eigenvalue weighted by Crippen LogP contribution is 2.36. The third-order valence-corrected chi connectivity index (χ3v) is 6.16. The lowest BCUT2D eigenvalue weighted by Gasteiger charge is -2.39. The van der Waals surface area contributed by atoms with Gasteiger partial charge in [-0.15, -0.1) is 11.3 Å². The number of hydrogen-bond donors (Lipinski definition) is 1. The molecule has 2 atom stereocenters. The van der Waals surface area contributed by atoms with Crippen LogP contribution in [0.4, 0.5) is 0 Å². The monoisotopic (exact) mass is 371 g/mol. The molecule has 1 aliphatic rings. The Hall–Kier alpha value is -1.65. The summed E-state index contributed by atoms with van der Waals surface area (Å²) in [6.45, 7) is 5.95. The molecular formula is C22H29NO2S. The molecule has 0 bridgehead atoms. The van der Waals surface area contributed by atoms with Gasteiger partial charge in [0, 0.05) is 13.2 Å². The quantitative estimate of drug-likeness (QED) is 0.749. The highest BCUT2D eigenvalue weighted by Gasteiger charge is 2.33. The van der Waals surface area contributed by atoms with Crippen LogP contribution in [0.25, 0.3) is 0 Å². The van der Waals surface area contributed by atoms with Gasteiger partial charge in [-0.1, -0.05) is 36.4 Å². The van der Waals surface area contributed by atoms with E-state index in [9.17, 15) is 4.79 Å². The molecule has 1 amide bonds. The number of amides is 1. The van der Waals surface area contributed by atoms with Crippen molar-refractivity contribution in [1.29, 1.82) is 0 Å². The molecule has 0 unspecified atom stereocenters. The number of hydrogen-bond acceptors (Lipinski definition) is 3. The predicted octanol–water partition coefficient (Wildman–Crippen LogP) is 4.93. The lowest BCUT2D eigenvalue weighted by molar-refractivity contribution is -0.0830. The Kier molecular flexibility index (Phi) is 6.49. The lowest BCUT2D eigenvalue weighted by atomic mass is 9.75. The normalized spacial score (nSPS) is 20.5. The van der Waals surface area contributed by atoms with Crippen LogP contribution >= 0.6 is 11.3 Å². The van der Waals surface area contributed by atoms with Gasteiger partial charge in [0.15, 0.2) is 0 Å². The van der Waals surface area contributed by atoms with Crippen molar-refractivity contribution >= 4 is 17.2 Å². The first-order valence-electron chi connectivity index (χ1n) is 9.53. The summed E-state index contributed by atoms with van der Waals surface area (Å²) in [5, 5.41) is 5.04. The Labute approximate surface area is 160 Å². The third kappa shape index (κ3) is 5.42. The average Bonchev–Trinajstić information content (AvgIpc) is 3.15. The molecule has 0 radical (unpaired) electrons. The van der Waals surface area contributed by atoms with Crippen molar-refractivity contribution < 1.29 is 9.53 Å². The van der Waals surface area contributed by atoms with Gasteiger partial charge in [-0.2, -0.15) is 0 Å². The molecule has 3 nitrogen and oxygen atoms in total. The summed E-state index contributed by atoms with van der Waals surface area (Å²) in [7, 11) is 0. The summed E-state index contributed by atoms with van der Waals surface area (Å²) in [6, 6.07) is 14.5. The van der Waals surface area contributed by atoms with Crippen LogP contribution in [0.5, 0.6) is 0 Å². The van der Waals surface area contributed by atoms with E-state index < -0.39 is 0 Å².